The highest BCUT2D eigenvalue weighted by molar-refractivity contribution is 5.91. The molecule has 21 heavy (non-hydrogen) atoms. The van der Waals surface area contributed by atoms with Gasteiger partial charge in [-0.2, -0.15) is 0 Å². The molecule has 0 aliphatic carbocycles. The lowest BCUT2D eigenvalue weighted by atomic mass is 10.3. The first-order chi connectivity index (χ1) is 7.84. The quantitative estimate of drug-likeness (QED) is 0.753. The standard InChI is InChI=1S/C11H16N4O.3ClH.2H2O/c16-11(9-15-7-5-12-6-8-15)14-10-3-1-2-4-13-10;;;;;/h1-4,12H,5-9H2,(H,13,14,16);3*1H;2*1H2. The Kier molecular flexibility index (Phi) is 21.3. The van der Waals surface area contributed by atoms with E-state index < -0.39 is 0 Å². The van der Waals surface area contributed by atoms with Crippen LogP contribution in [-0.2, 0) is 4.79 Å². The van der Waals surface area contributed by atoms with Gasteiger partial charge >= 0.3 is 0 Å². The van der Waals surface area contributed by atoms with Crippen molar-refractivity contribution >= 4 is 48.9 Å². The van der Waals surface area contributed by atoms with Crippen molar-refractivity contribution in [2.75, 3.05) is 38.0 Å². The zero-order chi connectivity index (χ0) is 11.2. The Bertz CT molecular complexity index is 354. The molecule has 0 atom stereocenters. The van der Waals surface area contributed by atoms with E-state index in [0.717, 1.165) is 26.2 Å². The van der Waals surface area contributed by atoms with Gasteiger partial charge in [0.2, 0.25) is 5.91 Å². The van der Waals surface area contributed by atoms with Gasteiger partial charge in [-0.1, -0.05) is 6.07 Å². The van der Waals surface area contributed by atoms with Crippen molar-refractivity contribution in [3.8, 4) is 0 Å². The molecule has 1 saturated heterocycles. The maximum atomic E-state index is 11.7. The number of hydrogen-bond donors (Lipinski definition) is 2. The van der Waals surface area contributed by atoms with E-state index >= 15 is 0 Å². The number of carbonyl (C=O) groups excluding carboxylic acids is 1. The minimum Gasteiger partial charge on any atom is -0.412 e. The second-order valence-electron chi connectivity index (χ2n) is 3.79. The van der Waals surface area contributed by atoms with Crippen LogP contribution in [0.5, 0.6) is 0 Å². The van der Waals surface area contributed by atoms with Crippen LogP contribution in [0.4, 0.5) is 5.82 Å². The number of nitrogens with one attached hydrogen (secondary N) is 2. The zero-order valence-electron chi connectivity index (χ0n) is 11.4. The Balaban J connectivity index is -0.000000289. The van der Waals surface area contributed by atoms with E-state index in [9.17, 15) is 4.79 Å². The first kappa shape index (κ1) is 28.5. The van der Waals surface area contributed by atoms with Crippen LogP contribution in [0.15, 0.2) is 24.4 Å². The van der Waals surface area contributed by atoms with Crippen molar-refractivity contribution in [1.29, 1.82) is 0 Å². The van der Waals surface area contributed by atoms with E-state index in [4.69, 9.17) is 0 Å². The Morgan fingerprint density at radius 3 is 2.33 bits per heavy atom. The minimum absolute atomic E-state index is 0. The maximum Gasteiger partial charge on any atom is 0.239 e. The third-order valence-corrected chi connectivity index (χ3v) is 2.51. The van der Waals surface area contributed by atoms with Crippen molar-refractivity contribution in [2.45, 2.75) is 0 Å². The number of nitrogens with zero attached hydrogens (tertiary/aromatic N) is 2. The Hall–Kier alpha value is -0.670. The molecule has 0 unspecified atom stereocenters. The molecule has 0 saturated carbocycles. The van der Waals surface area contributed by atoms with Crippen LogP contribution in [0.2, 0.25) is 0 Å². The second kappa shape index (κ2) is 15.7. The lowest BCUT2D eigenvalue weighted by Gasteiger charge is -2.26. The van der Waals surface area contributed by atoms with Crippen molar-refractivity contribution in [3.05, 3.63) is 24.4 Å². The summed E-state index contributed by atoms with van der Waals surface area (Å²) >= 11 is 0. The molecule has 0 radical (unpaired) electrons. The highest BCUT2D eigenvalue weighted by atomic mass is 35.5. The van der Waals surface area contributed by atoms with Crippen molar-refractivity contribution in [2.24, 2.45) is 0 Å². The van der Waals surface area contributed by atoms with Crippen LogP contribution in [0.3, 0.4) is 0 Å². The number of carbonyl (C=O) groups is 1. The van der Waals surface area contributed by atoms with E-state index in [-0.39, 0.29) is 54.1 Å². The topological polar surface area (TPSA) is 120 Å². The summed E-state index contributed by atoms with van der Waals surface area (Å²) in [7, 11) is 0. The van der Waals surface area contributed by atoms with Gasteiger partial charge in [0.25, 0.3) is 0 Å². The molecule has 0 spiro atoms. The molecule has 1 amide bonds. The molecule has 1 fully saturated rings. The highest BCUT2D eigenvalue weighted by Crippen LogP contribution is 2.00. The number of halogens is 3. The molecule has 6 N–H and O–H groups in total. The van der Waals surface area contributed by atoms with Crippen LogP contribution in [-0.4, -0.2) is 59.5 Å². The van der Waals surface area contributed by atoms with E-state index in [1.54, 1.807) is 12.3 Å². The van der Waals surface area contributed by atoms with Crippen LogP contribution in [0.25, 0.3) is 0 Å². The fraction of sp³-hybridized carbons (Fsp3) is 0.455. The predicted octanol–water partition coefficient (Wildman–Crippen LogP) is -0.459. The maximum absolute atomic E-state index is 11.7. The summed E-state index contributed by atoms with van der Waals surface area (Å²) in [4.78, 5) is 17.9. The summed E-state index contributed by atoms with van der Waals surface area (Å²) in [5.41, 5.74) is 0. The Labute approximate surface area is 142 Å². The summed E-state index contributed by atoms with van der Waals surface area (Å²) in [5.74, 6) is 0.614. The molecule has 1 aromatic heterocycles. The molecule has 10 heteroatoms. The van der Waals surface area contributed by atoms with Gasteiger partial charge in [0, 0.05) is 32.4 Å². The molecule has 1 aromatic rings. The largest absolute Gasteiger partial charge is 0.412 e. The van der Waals surface area contributed by atoms with E-state index in [0.29, 0.717) is 12.4 Å². The number of rotatable bonds is 3. The van der Waals surface area contributed by atoms with Gasteiger partial charge < -0.3 is 21.6 Å². The summed E-state index contributed by atoms with van der Waals surface area (Å²) in [6.07, 6.45) is 1.67. The van der Waals surface area contributed by atoms with Gasteiger partial charge in [-0.05, 0) is 12.1 Å². The van der Waals surface area contributed by atoms with Crippen molar-refractivity contribution in [1.82, 2.24) is 15.2 Å². The first-order valence-corrected chi connectivity index (χ1v) is 5.48. The second-order valence-corrected chi connectivity index (χ2v) is 3.79. The average molecular weight is 366 g/mol. The van der Waals surface area contributed by atoms with Crippen LogP contribution in [0, 0.1) is 0 Å². The fourth-order valence-corrected chi connectivity index (χ4v) is 1.69. The molecule has 2 heterocycles. The predicted molar refractivity (Wildman–Crippen MR) is 91.1 cm³/mol. The van der Waals surface area contributed by atoms with Gasteiger partial charge in [0.15, 0.2) is 0 Å². The summed E-state index contributed by atoms with van der Waals surface area (Å²) in [6.45, 7) is 4.21. The summed E-state index contributed by atoms with van der Waals surface area (Å²) in [6, 6.07) is 5.47. The zero-order valence-corrected chi connectivity index (χ0v) is 13.8. The third-order valence-electron chi connectivity index (χ3n) is 2.51. The molecule has 0 bridgehead atoms. The molecule has 1 aliphatic heterocycles. The lowest BCUT2D eigenvalue weighted by molar-refractivity contribution is -0.117. The Morgan fingerprint density at radius 1 is 1.19 bits per heavy atom. The summed E-state index contributed by atoms with van der Waals surface area (Å²) < 4.78 is 0. The number of hydrogen-bond acceptors (Lipinski definition) is 4. The van der Waals surface area contributed by atoms with Gasteiger partial charge in [-0.15, -0.1) is 37.2 Å². The first-order valence-electron chi connectivity index (χ1n) is 5.48. The molecule has 126 valence electrons. The molecule has 7 nitrogen and oxygen atoms in total. The highest BCUT2D eigenvalue weighted by Gasteiger charge is 2.13. The number of amides is 1. The SMILES string of the molecule is Cl.Cl.Cl.O.O.O=C(CN1CCNCC1)Nc1ccccn1. The van der Waals surface area contributed by atoms with Crippen LogP contribution < -0.4 is 10.6 Å². The molecule has 0 aromatic carbocycles. The number of anilines is 1. The number of piperazine rings is 1. The van der Waals surface area contributed by atoms with Crippen LogP contribution >= 0.6 is 37.2 Å². The normalized spacial score (nSPS) is 13.0. The summed E-state index contributed by atoms with van der Waals surface area (Å²) in [5, 5.41) is 6.03. The van der Waals surface area contributed by atoms with Gasteiger partial charge in [-0.25, -0.2) is 4.98 Å². The smallest absolute Gasteiger partial charge is 0.239 e. The number of pyridine rings is 1. The Morgan fingerprint density at radius 2 is 1.81 bits per heavy atom. The molecular formula is C11H23Cl3N4O3. The number of aromatic nitrogens is 1. The third kappa shape index (κ3) is 10.7. The monoisotopic (exact) mass is 364 g/mol. The van der Waals surface area contributed by atoms with Gasteiger partial charge in [0.1, 0.15) is 5.82 Å². The van der Waals surface area contributed by atoms with Gasteiger partial charge in [0.05, 0.1) is 6.54 Å². The van der Waals surface area contributed by atoms with E-state index in [2.05, 4.69) is 20.5 Å². The van der Waals surface area contributed by atoms with E-state index in [1.165, 1.54) is 0 Å². The minimum atomic E-state index is 0. The molecule has 2 rings (SSSR count). The van der Waals surface area contributed by atoms with Crippen molar-refractivity contribution in [3.63, 3.8) is 0 Å². The van der Waals surface area contributed by atoms with Crippen molar-refractivity contribution < 1.29 is 15.7 Å². The average Bonchev–Trinajstić information content (AvgIpc) is 2.31. The van der Waals surface area contributed by atoms with Crippen LogP contribution in [0.1, 0.15) is 0 Å². The molecule has 1 aliphatic rings. The van der Waals surface area contributed by atoms with Gasteiger partial charge in [-0.3, -0.25) is 9.69 Å². The molecular weight excluding hydrogens is 343 g/mol. The fourth-order valence-electron chi connectivity index (χ4n) is 1.69. The lowest BCUT2D eigenvalue weighted by Crippen LogP contribution is -2.46. The van der Waals surface area contributed by atoms with E-state index in [1.807, 2.05) is 12.1 Å².